The van der Waals surface area contributed by atoms with Gasteiger partial charge in [0.2, 0.25) is 0 Å². The van der Waals surface area contributed by atoms with Crippen LogP contribution in [0.15, 0.2) is 18.2 Å². The second kappa shape index (κ2) is 9.37. The minimum Gasteiger partial charge on any atom is -0.381 e. The number of hydrogen-bond donors (Lipinski definition) is 1. The predicted octanol–water partition coefficient (Wildman–Crippen LogP) is 3.94. The van der Waals surface area contributed by atoms with Crippen LogP contribution < -0.4 is 5.32 Å². The fourth-order valence-electron chi connectivity index (χ4n) is 1.63. The summed E-state index contributed by atoms with van der Waals surface area (Å²) in [5, 5.41) is 4.25. The molecule has 0 aliphatic carbocycles. The van der Waals surface area contributed by atoms with Crippen LogP contribution in [0.1, 0.15) is 37.3 Å². The summed E-state index contributed by atoms with van der Waals surface area (Å²) in [6.07, 6.45) is 3.42. The maximum absolute atomic E-state index is 6.08. The lowest BCUT2D eigenvalue weighted by molar-refractivity contribution is 0.129. The van der Waals surface area contributed by atoms with E-state index in [1.807, 2.05) is 13.0 Å². The number of nitrogens with one attached hydrogen (secondary N) is 1. The Morgan fingerprint density at radius 2 is 2.00 bits per heavy atom. The molecule has 0 unspecified atom stereocenters. The van der Waals surface area contributed by atoms with Crippen LogP contribution in [0.25, 0.3) is 0 Å². The van der Waals surface area contributed by atoms with Crippen LogP contribution in [0.4, 0.5) is 0 Å². The van der Waals surface area contributed by atoms with Crippen molar-refractivity contribution in [3.63, 3.8) is 0 Å². The highest BCUT2D eigenvalue weighted by molar-refractivity contribution is 6.31. The molecule has 1 aromatic rings. The molecule has 0 heterocycles. The van der Waals surface area contributed by atoms with Crippen LogP contribution in [-0.2, 0) is 11.3 Å². The molecule has 0 amide bonds. The van der Waals surface area contributed by atoms with Crippen LogP contribution >= 0.6 is 11.6 Å². The quantitative estimate of drug-likeness (QED) is 0.686. The number of benzene rings is 1. The van der Waals surface area contributed by atoms with Gasteiger partial charge in [0, 0.05) is 24.8 Å². The van der Waals surface area contributed by atoms with Crippen molar-refractivity contribution in [2.45, 2.75) is 39.7 Å². The second-order valence-corrected chi connectivity index (χ2v) is 4.99. The van der Waals surface area contributed by atoms with Crippen LogP contribution in [0.3, 0.4) is 0 Å². The van der Waals surface area contributed by atoms with Crippen molar-refractivity contribution in [3.8, 4) is 0 Å². The molecule has 2 nitrogen and oxygen atoms in total. The van der Waals surface area contributed by atoms with Gasteiger partial charge in [0.1, 0.15) is 0 Å². The monoisotopic (exact) mass is 269 g/mol. The number of aryl methyl sites for hydroxylation is 1. The molecule has 1 rings (SSSR count). The summed E-state index contributed by atoms with van der Waals surface area (Å²) >= 11 is 6.08. The van der Waals surface area contributed by atoms with Gasteiger partial charge in [-0.05, 0) is 43.5 Å². The summed E-state index contributed by atoms with van der Waals surface area (Å²) in [7, 11) is 0. The largest absolute Gasteiger partial charge is 0.381 e. The molecule has 18 heavy (non-hydrogen) atoms. The third-order valence-corrected chi connectivity index (χ3v) is 3.26. The minimum atomic E-state index is 0.845. The zero-order valence-corrected chi connectivity index (χ0v) is 12.2. The number of rotatable bonds is 9. The molecule has 0 aromatic heterocycles. The van der Waals surface area contributed by atoms with Gasteiger partial charge in [-0.3, -0.25) is 0 Å². The smallest absolute Gasteiger partial charge is 0.0478 e. The second-order valence-electron chi connectivity index (χ2n) is 4.58. The molecule has 0 saturated carbocycles. The molecular weight excluding hydrogens is 246 g/mol. The average Bonchev–Trinajstić information content (AvgIpc) is 2.37. The Morgan fingerprint density at radius 3 is 2.72 bits per heavy atom. The van der Waals surface area contributed by atoms with E-state index in [1.165, 1.54) is 12.0 Å². The van der Waals surface area contributed by atoms with Crippen molar-refractivity contribution in [2.75, 3.05) is 19.8 Å². The van der Waals surface area contributed by atoms with E-state index >= 15 is 0 Å². The fraction of sp³-hybridized carbons (Fsp3) is 0.600. The molecule has 0 spiro atoms. The summed E-state index contributed by atoms with van der Waals surface area (Å²) in [5.41, 5.74) is 2.36. The molecule has 0 bridgehead atoms. The van der Waals surface area contributed by atoms with E-state index in [2.05, 4.69) is 24.4 Å². The Morgan fingerprint density at radius 1 is 1.22 bits per heavy atom. The van der Waals surface area contributed by atoms with Gasteiger partial charge in [0.15, 0.2) is 0 Å². The van der Waals surface area contributed by atoms with Crippen LogP contribution in [0.2, 0.25) is 5.02 Å². The van der Waals surface area contributed by atoms with Gasteiger partial charge in [-0.1, -0.05) is 37.1 Å². The Hall–Kier alpha value is -0.570. The van der Waals surface area contributed by atoms with Crippen molar-refractivity contribution < 1.29 is 4.74 Å². The Bertz CT molecular complexity index is 341. The lowest BCUT2D eigenvalue weighted by Gasteiger charge is -2.07. The Kier molecular flexibility index (Phi) is 8.06. The highest BCUT2D eigenvalue weighted by Crippen LogP contribution is 2.16. The fourth-order valence-corrected chi connectivity index (χ4v) is 1.83. The van der Waals surface area contributed by atoms with Gasteiger partial charge >= 0.3 is 0 Å². The van der Waals surface area contributed by atoms with Gasteiger partial charge in [-0.2, -0.15) is 0 Å². The molecule has 0 fully saturated rings. The first kappa shape index (κ1) is 15.5. The van der Waals surface area contributed by atoms with Crippen LogP contribution in [0.5, 0.6) is 0 Å². The van der Waals surface area contributed by atoms with Gasteiger partial charge < -0.3 is 10.1 Å². The number of ether oxygens (including phenoxy) is 1. The van der Waals surface area contributed by atoms with E-state index in [0.29, 0.717) is 0 Å². The highest BCUT2D eigenvalue weighted by Gasteiger charge is 1.97. The standard InChI is InChI=1S/C15H24ClNO/c1-3-4-9-18-10-5-8-17-12-14-7-6-13(2)15(16)11-14/h6-7,11,17H,3-5,8-10,12H2,1-2H3. The van der Waals surface area contributed by atoms with Crippen molar-refractivity contribution in [2.24, 2.45) is 0 Å². The first-order valence-electron chi connectivity index (χ1n) is 6.77. The molecule has 0 aliphatic heterocycles. The van der Waals surface area contributed by atoms with E-state index < -0.39 is 0 Å². The van der Waals surface area contributed by atoms with Gasteiger partial charge in [0.25, 0.3) is 0 Å². The first-order chi connectivity index (χ1) is 8.74. The Balaban J connectivity index is 2.05. The number of hydrogen-bond acceptors (Lipinski definition) is 2. The van der Waals surface area contributed by atoms with Crippen molar-refractivity contribution in [1.29, 1.82) is 0 Å². The van der Waals surface area contributed by atoms with Gasteiger partial charge in [-0.15, -0.1) is 0 Å². The average molecular weight is 270 g/mol. The molecular formula is C15H24ClNO. The topological polar surface area (TPSA) is 21.3 Å². The highest BCUT2D eigenvalue weighted by atomic mass is 35.5. The van der Waals surface area contributed by atoms with Crippen molar-refractivity contribution in [1.82, 2.24) is 5.32 Å². The van der Waals surface area contributed by atoms with Crippen LogP contribution in [0, 0.1) is 6.92 Å². The summed E-state index contributed by atoms with van der Waals surface area (Å²) in [6, 6.07) is 6.21. The molecule has 0 atom stereocenters. The lowest BCUT2D eigenvalue weighted by Crippen LogP contribution is -2.16. The van der Waals surface area contributed by atoms with E-state index in [9.17, 15) is 0 Å². The lowest BCUT2D eigenvalue weighted by atomic mass is 10.1. The first-order valence-corrected chi connectivity index (χ1v) is 7.15. The Labute approximate surface area is 116 Å². The molecule has 0 saturated heterocycles. The number of unbranched alkanes of at least 4 members (excludes halogenated alkanes) is 1. The van der Waals surface area contributed by atoms with E-state index in [1.54, 1.807) is 0 Å². The zero-order valence-electron chi connectivity index (χ0n) is 11.5. The van der Waals surface area contributed by atoms with E-state index in [-0.39, 0.29) is 0 Å². The van der Waals surface area contributed by atoms with E-state index in [0.717, 1.165) is 49.7 Å². The normalized spacial score (nSPS) is 10.8. The summed E-state index contributed by atoms with van der Waals surface area (Å²) in [6.45, 7) is 7.79. The third kappa shape index (κ3) is 6.39. The predicted molar refractivity (Wildman–Crippen MR) is 78.2 cm³/mol. The molecule has 1 aromatic carbocycles. The molecule has 3 heteroatoms. The van der Waals surface area contributed by atoms with Gasteiger partial charge in [-0.25, -0.2) is 0 Å². The molecule has 0 aliphatic rings. The summed E-state index contributed by atoms with van der Waals surface area (Å²) in [4.78, 5) is 0. The summed E-state index contributed by atoms with van der Waals surface area (Å²) < 4.78 is 5.50. The van der Waals surface area contributed by atoms with E-state index in [4.69, 9.17) is 16.3 Å². The maximum atomic E-state index is 6.08. The maximum Gasteiger partial charge on any atom is 0.0478 e. The minimum absolute atomic E-state index is 0.845. The summed E-state index contributed by atoms with van der Waals surface area (Å²) in [5.74, 6) is 0. The van der Waals surface area contributed by atoms with Crippen molar-refractivity contribution in [3.05, 3.63) is 34.3 Å². The molecule has 102 valence electrons. The zero-order chi connectivity index (χ0) is 13.2. The third-order valence-electron chi connectivity index (χ3n) is 2.85. The molecule has 0 radical (unpaired) electrons. The number of halogens is 1. The van der Waals surface area contributed by atoms with Crippen molar-refractivity contribution >= 4 is 11.6 Å². The molecule has 1 N–H and O–H groups in total. The SMILES string of the molecule is CCCCOCCCNCc1ccc(C)c(Cl)c1. The van der Waals surface area contributed by atoms with Gasteiger partial charge in [0.05, 0.1) is 0 Å². The van der Waals surface area contributed by atoms with Crippen LogP contribution in [-0.4, -0.2) is 19.8 Å².